The number of imide groups is 1. The van der Waals surface area contributed by atoms with Gasteiger partial charge in [-0.05, 0) is 13.3 Å². The maximum Gasteiger partial charge on any atom is 0.325 e. The molecular formula is C9H16N2O4. The number of amides is 3. The number of aliphatic hydroxyl groups excluding tert-OH is 2. The number of nitrogens with zero attached hydrogens (tertiary/aromatic N) is 1. The number of rotatable bonds is 4. The summed E-state index contributed by atoms with van der Waals surface area (Å²) in [5.74, 6) is -0.359. The summed E-state index contributed by atoms with van der Waals surface area (Å²) in [5, 5.41) is 20.4. The average molecular weight is 216 g/mol. The predicted molar refractivity (Wildman–Crippen MR) is 52.0 cm³/mol. The lowest BCUT2D eigenvalue weighted by atomic mass is 9.99. The van der Waals surface area contributed by atoms with Gasteiger partial charge in [0.2, 0.25) is 0 Å². The standard InChI is InChI=1S/C9H16N2O4/c1-3-9(2)7(14)11(8(15)10-9)4-6(13)5-12/h6,12-13H,3-5H2,1-2H3,(H,10,15). The molecule has 1 rings (SSSR count). The average Bonchev–Trinajstić information content (AvgIpc) is 2.42. The van der Waals surface area contributed by atoms with E-state index in [-0.39, 0.29) is 12.5 Å². The van der Waals surface area contributed by atoms with E-state index in [4.69, 9.17) is 5.11 Å². The van der Waals surface area contributed by atoms with Crippen LogP contribution in [0.2, 0.25) is 0 Å². The highest BCUT2D eigenvalue weighted by molar-refractivity contribution is 6.06. The Bertz CT molecular complexity index is 281. The Morgan fingerprint density at radius 3 is 2.53 bits per heavy atom. The summed E-state index contributed by atoms with van der Waals surface area (Å²) in [7, 11) is 0. The van der Waals surface area contributed by atoms with Crippen molar-refractivity contribution in [3.8, 4) is 0 Å². The monoisotopic (exact) mass is 216 g/mol. The van der Waals surface area contributed by atoms with E-state index in [0.717, 1.165) is 4.90 Å². The summed E-state index contributed by atoms with van der Waals surface area (Å²) in [4.78, 5) is 24.1. The molecule has 0 aromatic rings. The molecule has 15 heavy (non-hydrogen) atoms. The zero-order chi connectivity index (χ0) is 11.6. The number of nitrogens with one attached hydrogen (secondary N) is 1. The molecule has 0 aromatic heterocycles. The Kier molecular flexibility index (Phi) is 3.31. The molecule has 0 aromatic carbocycles. The molecule has 0 saturated carbocycles. The quantitative estimate of drug-likeness (QED) is 0.529. The minimum Gasteiger partial charge on any atom is -0.394 e. The second-order valence-corrected chi connectivity index (χ2v) is 3.87. The third-order valence-corrected chi connectivity index (χ3v) is 2.66. The van der Waals surface area contributed by atoms with Crippen molar-refractivity contribution in [1.29, 1.82) is 0 Å². The molecule has 0 aliphatic carbocycles. The highest BCUT2D eigenvalue weighted by Crippen LogP contribution is 2.20. The Morgan fingerprint density at radius 2 is 2.13 bits per heavy atom. The van der Waals surface area contributed by atoms with Gasteiger partial charge >= 0.3 is 6.03 Å². The molecule has 6 heteroatoms. The summed E-state index contributed by atoms with van der Waals surface area (Å²) in [6, 6.07) is -0.517. The van der Waals surface area contributed by atoms with Gasteiger partial charge in [-0.25, -0.2) is 4.79 Å². The molecule has 0 bridgehead atoms. The Labute approximate surface area is 87.9 Å². The summed E-state index contributed by atoms with van der Waals surface area (Å²) in [5.41, 5.74) is -0.883. The molecule has 1 fully saturated rings. The predicted octanol–water partition coefficient (Wildman–Crippen LogP) is -0.940. The smallest absolute Gasteiger partial charge is 0.325 e. The SMILES string of the molecule is CCC1(C)NC(=O)N(CC(O)CO)C1=O. The highest BCUT2D eigenvalue weighted by Gasteiger charge is 2.46. The van der Waals surface area contributed by atoms with E-state index in [0.29, 0.717) is 6.42 Å². The van der Waals surface area contributed by atoms with E-state index >= 15 is 0 Å². The van der Waals surface area contributed by atoms with Crippen LogP contribution in [0, 0.1) is 0 Å². The lowest BCUT2D eigenvalue weighted by molar-refractivity contribution is -0.132. The largest absolute Gasteiger partial charge is 0.394 e. The second kappa shape index (κ2) is 4.16. The number of hydrogen-bond donors (Lipinski definition) is 3. The molecule has 1 saturated heterocycles. The van der Waals surface area contributed by atoms with E-state index in [9.17, 15) is 14.7 Å². The van der Waals surface area contributed by atoms with Crippen molar-refractivity contribution in [2.24, 2.45) is 0 Å². The van der Waals surface area contributed by atoms with Crippen LogP contribution in [-0.4, -0.2) is 51.8 Å². The Balaban J connectivity index is 2.76. The van der Waals surface area contributed by atoms with Gasteiger partial charge in [-0.3, -0.25) is 9.69 Å². The van der Waals surface area contributed by atoms with Crippen LogP contribution in [0.15, 0.2) is 0 Å². The van der Waals surface area contributed by atoms with Gasteiger partial charge in [0.15, 0.2) is 0 Å². The molecule has 1 aliphatic rings. The van der Waals surface area contributed by atoms with Crippen LogP contribution in [0.5, 0.6) is 0 Å². The number of β-amino-alcohol motifs (C(OH)–C–C–N with tert-alkyl or cyclic N) is 1. The fourth-order valence-corrected chi connectivity index (χ4v) is 1.42. The molecule has 1 heterocycles. The fraction of sp³-hybridized carbons (Fsp3) is 0.778. The lowest BCUT2D eigenvalue weighted by Crippen LogP contribution is -2.44. The lowest BCUT2D eigenvalue weighted by Gasteiger charge is -2.20. The summed E-state index contributed by atoms with van der Waals surface area (Å²) in [6.07, 6.45) is -0.595. The molecular weight excluding hydrogens is 200 g/mol. The van der Waals surface area contributed by atoms with Crippen LogP contribution in [-0.2, 0) is 4.79 Å². The number of carbonyl (C=O) groups is 2. The molecule has 0 spiro atoms. The van der Waals surface area contributed by atoms with Crippen molar-refractivity contribution in [2.75, 3.05) is 13.2 Å². The number of aliphatic hydroxyl groups is 2. The first kappa shape index (κ1) is 11.9. The third kappa shape index (κ3) is 2.10. The van der Waals surface area contributed by atoms with E-state index in [2.05, 4.69) is 5.32 Å². The highest BCUT2D eigenvalue weighted by atomic mass is 16.3. The molecule has 3 N–H and O–H groups in total. The fourth-order valence-electron chi connectivity index (χ4n) is 1.42. The van der Waals surface area contributed by atoms with Gasteiger partial charge in [0.25, 0.3) is 5.91 Å². The van der Waals surface area contributed by atoms with Gasteiger partial charge < -0.3 is 15.5 Å². The molecule has 6 nitrogen and oxygen atoms in total. The van der Waals surface area contributed by atoms with Crippen LogP contribution < -0.4 is 5.32 Å². The van der Waals surface area contributed by atoms with Crippen molar-refractivity contribution in [1.82, 2.24) is 10.2 Å². The second-order valence-electron chi connectivity index (χ2n) is 3.87. The molecule has 0 radical (unpaired) electrons. The first-order chi connectivity index (χ1) is 6.94. The molecule has 2 unspecified atom stereocenters. The topological polar surface area (TPSA) is 89.9 Å². The summed E-state index contributed by atoms with van der Waals surface area (Å²) >= 11 is 0. The maximum absolute atomic E-state index is 11.8. The maximum atomic E-state index is 11.8. The van der Waals surface area contributed by atoms with Gasteiger partial charge in [0.05, 0.1) is 19.3 Å². The molecule has 1 aliphatic heterocycles. The van der Waals surface area contributed by atoms with Gasteiger partial charge in [-0.2, -0.15) is 0 Å². The van der Waals surface area contributed by atoms with Crippen molar-refractivity contribution >= 4 is 11.9 Å². The zero-order valence-corrected chi connectivity index (χ0v) is 8.86. The van der Waals surface area contributed by atoms with Gasteiger partial charge in [-0.15, -0.1) is 0 Å². The Hall–Kier alpha value is -1.14. The van der Waals surface area contributed by atoms with Crippen LogP contribution in [0.3, 0.4) is 0 Å². The van der Waals surface area contributed by atoms with E-state index in [1.807, 2.05) is 0 Å². The minimum absolute atomic E-state index is 0.170. The van der Waals surface area contributed by atoms with Gasteiger partial charge in [0, 0.05) is 0 Å². The molecule has 3 amide bonds. The van der Waals surface area contributed by atoms with Crippen molar-refractivity contribution < 1.29 is 19.8 Å². The van der Waals surface area contributed by atoms with Crippen LogP contribution in [0.4, 0.5) is 4.79 Å². The molecule has 2 atom stereocenters. The number of hydrogen-bond acceptors (Lipinski definition) is 4. The van der Waals surface area contributed by atoms with Gasteiger partial charge in [0.1, 0.15) is 5.54 Å². The van der Waals surface area contributed by atoms with E-state index in [1.54, 1.807) is 13.8 Å². The number of carbonyl (C=O) groups excluding carboxylic acids is 2. The number of urea groups is 1. The van der Waals surface area contributed by atoms with Crippen LogP contribution in [0.25, 0.3) is 0 Å². The molecule has 86 valence electrons. The zero-order valence-electron chi connectivity index (χ0n) is 8.86. The summed E-state index contributed by atoms with van der Waals surface area (Å²) in [6.45, 7) is 2.79. The minimum atomic E-state index is -1.08. The van der Waals surface area contributed by atoms with Crippen LogP contribution in [0.1, 0.15) is 20.3 Å². The van der Waals surface area contributed by atoms with Crippen molar-refractivity contribution in [2.45, 2.75) is 31.9 Å². The van der Waals surface area contributed by atoms with Crippen LogP contribution >= 0.6 is 0 Å². The van der Waals surface area contributed by atoms with Crippen molar-refractivity contribution in [3.05, 3.63) is 0 Å². The Morgan fingerprint density at radius 1 is 1.53 bits per heavy atom. The van der Waals surface area contributed by atoms with Gasteiger partial charge in [-0.1, -0.05) is 6.92 Å². The third-order valence-electron chi connectivity index (χ3n) is 2.66. The van der Waals surface area contributed by atoms with E-state index < -0.39 is 24.3 Å². The van der Waals surface area contributed by atoms with Crippen molar-refractivity contribution in [3.63, 3.8) is 0 Å². The summed E-state index contributed by atoms with van der Waals surface area (Å²) < 4.78 is 0. The normalized spacial score (nSPS) is 28.1. The first-order valence-electron chi connectivity index (χ1n) is 4.87. The first-order valence-corrected chi connectivity index (χ1v) is 4.87. The van der Waals surface area contributed by atoms with E-state index in [1.165, 1.54) is 0 Å².